The molecule has 0 aliphatic heterocycles. The molecule has 0 bridgehead atoms. The first kappa shape index (κ1) is 23.5. The Morgan fingerprint density at radius 3 is 2.47 bits per heavy atom. The number of benzene rings is 2. The molecule has 0 radical (unpaired) electrons. The van der Waals surface area contributed by atoms with Crippen molar-refractivity contribution in [1.29, 1.82) is 0 Å². The minimum absolute atomic E-state index is 0.0706. The van der Waals surface area contributed by atoms with Crippen molar-refractivity contribution in [2.75, 3.05) is 13.7 Å². The molecule has 1 atom stereocenters. The first-order valence-electron chi connectivity index (χ1n) is 10.5. The van der Waals surface area contributed by atoms with Crippen molar-refractivity contribution >= 4 is 11.8 Å². The summed E-state index contributed by atoms with van der Waals surface area (Å²) in [5.41, 5.74) is 4.11. The number of ether oxygens (including phenoxy) is 1. The van der Waals surface area contributed by atoms with Gasteiger partial charge >= 0.3 is 0 Å². The molecular weight excluding hydrogens is 376 g/mol. The van der Waals surface area contributed by atoms with E-state index in [1.54, 1.807) is 18.9 Å². The van der Waals surface area contributed by atoms with Crippen LogP contribution in [-0.2, 0) is 22.6 Å². The van der Waals surface area contributed by atoms with Crippen molar-refractivity contribution < 1.29 is 14.3 Å². The van der Waals surface area contributed by atoms with E-state index in [2.05, 4.69) is 5.32 Å². The van der Waals surface area contributed by atoms with Gasteiger partial charge in [-0.1, -0.05) is 49.7 Å². The Balaban J connectivity index is 2.27. The van der Waals surface area contributed by atoms with E-state index in [9.17, 15) is 9.59 Å². The molecule has 162 valence electrons. The summed E-state index contributed by atoms with van der Waals surface area (Å²) in [7, 11) is 1.62. The molecule has 0 heterocycles. The van der Waals surface area contributed by atoms with E-state index in [1.165, 1.54) is 0 Å². The average molecular weight is 411 g/mol. The molecule has 2 amide bonds. The minimum Gasteiger partial charge on any atom is -0.497 e. The lowest BCUT2D eigenvalue weighted by Crippen LogP contribution is -2.48. The van der Waals surface area contributed by atoms with Crippen LogP contribution in [0.3, 0.4) is 0 Å². The number of hydrogen-bond acceptors (Lipinski definition) is 3. The van der Waals surface area contributed by atoms with Gasteiger partial charge < -0.3 is 15.0 Å². The number of rotatable bonds is 9. The van der Waals surface area contributed by atoms with Gasteiger partial charge in [0.25, 0.3) is 0 Å². The van der Waals surface area contributed by atoms with E-state index < -0.39 is 6.04 Å². The van der Waals surface area contributed by atoms with E-state index in [0.29, 0.717) is 19.0 Å². The fraction of sp³-hybridized carbons (Fsp3) is 0.440. The maximum Gasteiger partial charge on any atom is 0.242 e. The van der Waals surface area contributed by atoms with Crippen molar-refractivity contribution in [2.24, 2.45) is 5.92 Å². The Morgan fingerprint density at radius 2 is 1.80 bits per heavy atom. The summed E-state index contributed by atoms with van der Waals surface area (Å²) in [6.45, 7) is 10.8. The maximum absolute atomic E-state index is 13.3. The van der Waals surface area contributed by atoms with Gasteiger partial charge in [-0.15, -0.1) is 0 Å². The number of aryl methyl sites for hydroxylation is 2. The van der Waals surface area contributed by atoms with Crippen LogP contribution >= 0.6 is 0 Å². The Kier molecular flexibility index (Phi) is 8.46. The number of hydrogen-bond donors (Lipinski definition) is 1. The minimum atomic E-state index is -0.576. The average Bonchev–Trinajstić information content (AvgIpc) is 2.72. The van der Waals surface area contributed by atoms with Crippen molar-refractivity contribution in [3.63, 3.8) is 0 Å². The third kappa shape index (κ3) is 6.61. The van der Waals surface area contributed by atoms with E-state index in [4.69, 9.17) is 4.74 Å². The highest BCUT2D eigenvalue weighted by molar-refractivity contribution is 5.88. The summed E-state index contributed by atoms with van der Waals surface area (Å²) in [5, 5.41) is 2.95. The highest BCUT2D eigenvalue weighted by Crippen LogP contribution is 2.18. The lowest BCUT2D eigenvalue weighted by Gasteiger charge is -2.29. The van der Waals surface area contributed by atoms with E-state index in [1.807, 2.05) is 70.2 Å². The van der Waals surface area contributed by atoms with Crippen LogP contribution in [0, 0.1) is 19.8 Å². The molecule has 0 aromatic heterocycles. The molecule has 0 unspecified atom stereocenters. The van der Waals surface area contributed by atoms with Gasteiger partial charge in [0.2, 0.25) is 11.8 Å². The predicted octanol–water partition coefficient (Wildman–Crippen LogP) is 4.04. The zero-order chi connectivity index (χ0) is 22.3. The van der Waals surface area contributed by atoms with Crippen LogP contribution in [0.15, 0.2) is 42.5 Å². The van der Waals surface area contributed by atoms with Gasteiger partial charge in [0.1, 0.15) is 11.8 Å². The first-order chi connectivity index (χ1) is 14.2. The number of carbonyl (C=O) groups excluding carboxylic acids is 2. The fourth-order valence-electron chi connectivity index (χ4n) is 3.26. The van der Waals surface area contributed by atoms with Crippen LogP contribution in [0.25, 0.3) is 0 Å². The molecule has 5 heteroatoms. The highest BCUT2D eigenvalue weighted by Gasteiger charge is 2.26. The van der Waals surface area contributed by atoms with Crippen LogP contribution in [0.1, 0.15) is 43.0 Å². The highest BCUT2D eigenvalue weighted by atomic mass is 16.5. The largest absolute Gasteiger partial charge is 0.497 e. The quantitative estimate of drug-likeness (QED) is 0.679. The van der Waals surface area contributed by atoms with Crippen molar-refractivity contribution in [3.05, 3.63) is 64.7 Å². The van der Waals surface area contributed by atoms with Gasteiger partial charge in [0, 0.05) is 13.1 Å². The lowest BCUT2D eigenvalue weighted by molar-refractivity contribution is -0.140. The third-order valence-electron chi connectivity index (χ3n) is 5.19. The lowest BCUT2D eigenvalue weighted by atomic mass is 10.0. The zero-order valence-corrected chi connectivity index (χ0v) is 19.0. The summed E-state index contributed by atoms with van der Waals surface area (Å²) in [6.07, 6.45) is 0.263. The summed E-state index contributed by atoms with van der Waals surface area (Å²) < 4.78 is 5.31. The molecule has 0 aliphatic rings. The number of carbonyl (C=O) groups is 2. The molecule has 0 fully saturated rings. The van der Waals surface area contributed by atoms with Gasteiger partial charge in [-0.05, 0) is 55.5 Å². The molecule has 2 aromatic rings. The Bertz CT molecular complexity index is 876. The Hall–Kier alpha value is -2.82. The van der Waals surface area contributed by atoms with E-state index >= 15 is 0 Å². The normalized spacial score (nSPS) is 11.8. The Labute approximate surface area is 180 Å². The van der Waals surface area contributed by atoms with Crippen LogP contribution in [-0.4, -0.2) is 36.4 Å². The number of amides is 2. The molecular formula is C25H34N2O3. The summed E-state index contributed by atoms with van der Waals surface area (Å²) in [5.74, 6) is 0.865. The molecule has 5 nitrogen and oxygen atoms in total. The molecule has 0 saturated carbocycles. The summed E-state index contributed by atoms with van der Waals surface area (Å²) >= 11 is 0. The number of nitrogens with one attached hydrogen (secondary N) is 1. The smallest absolute Gasteiger partial charge is 0.242 e. The molecule has 0 saturated heterocycles. The van der Waals surface area contributed by atoms with Crippen molar-refractivity contribution in [2.45, 2.75) is 53.6 Å². The van der Waals surface area contributed by atoms with Crippen molar-refractivity contribution in [3.8, 4) is 5.75 Å². The molecule has 2 rings (SSSR count). The van der Waals surface area contributed by atoms with Crippen LogP contribution in [0.2, 0.25) is 0 Å². The number of methoxy groups -OCH3 is 1. The molecule has 1 N–H and O–H groups in total. The molecule has 0 spiro atoms. The standard InChI is InChI=1S/C25H34N2O3/c1-17(2)15-26-25(29)20(5)27(16-21-8-7-9-23(13-21)30-6)24(28)14-22-12-18(3)10-11-19(22)4/h7-13,17,20H,14-16H2,1-6H3,(H,26,29)/t20-/m1/s1. The van der Waals surface area contributed by atoms with Gasteiger partial charge in [-0.25, -0.2) is 0 Å². The Morgan fingerprint density at radius 1 is 1.07 bits per heavy atom. The second kappa shape index (κ2) is 10.8. The van der Waals surface area contributed by atoms with Gasteiger partial charge in [0.15, 0.2) is 0 Å². The molecule has 2 aromatic carbocycles. The van der Waals surface area contributed by atoms with Crippen molar-refractivity contribution in [1.82, 2.24) is 10.2 Å². The van der Waals surface area contributed by atoms with Crippen LogP contribution < -0.4 is 10.1 Å². The first-order valence-corrected chi connectivity index (χ1v) is 10.5. The van der Waals surface area contributed by atoms with Crippen LogP contribution in [0.5, 0.6) is 5.75 Å². The third-order valence-corrected chi connectivity index (χ3v) is 5.19. The second-order valence-electron chi connectivity index (χ2n) is 8.29. The van der Waals surface area contributed by atoms with Crippen LogP contribution in [0.4, 0.5) is 0 Å². The van der Waals surface area contributed by atoms with E-state index in [-0.39, 0.29) is 18.2 Å². The molecule has 0 aliphatic carbocycles. The predicted molar refractivity (Wildman–Crippen MR) is 120 cm³/mol. The maximum atomic E-state index is 13.3. The van der Waals surface area contributed by atoms with Gasteiger partial charge in [-0.3, -0.25) is 9.59 Å². The fourth-order valence-corrected chi connectivity index (χ4v) is 3.26. The summed E-state index contributed by atoms with van der Waals surface area (Å²) in [4.78, 5) is 27.7. The zero-order valence-electron chi connectivity index (χ0n) is 19.0. The van der Waals surface area contributed by atoms with Gasteiger partial charge in [-0.2, -0.15) is 0 Å². The van der Waals surface area contributed by atoms with E-state index in [0.717, 1.165) is 28.0 Å². The molecule has 30 heavy (non-hydrogen) atoms. The number of nitrogens with zero attached hydrogens (tertiary/aromatic N) is 1. The SMILES string of the molecule is COc1cccc(CN(C(=O)Cc2cc(C)ccc2C)[C@H](C)C(=O)NCC(C)C)c1. The monoisotopic (exact) mass is 410 g/mol. The van der Waals surface area contributed by atoms with Gasteiger partial charge in [0.05, 0.1) is 13.5 Å². The summed E-state index contributed by atoms with van der Waals surface area (Å²) in [6, 6.07) is 13.1. The second-order valence-corrected chi connectivity index (χ2v) is 8.29. The topological polar surface area (TPSA) is 58.6 Å².